The van der Waals surface area contributed by atoms with E-state index in [1.165, 1.54) is 5.56 Å². The third kappa shape index (κ3) is 1.48. The van der Waals surface area contributed by atoms with Gasteiger partial charge >= 0.3 is 0 Å². The Labute approximate surface area is 93.8 Å². The molecular formula is C10H8Br2O. The summed E-state index contributed by atoms with van der Waals surface area (Å²) in [4.78, 5) is 10.7. The van der Waals surface area contributed by atoms with Gasteiger partial charge in [0.1, 0.15) is 6.29 Å². The molecule has 13 heavy (non-hydrogen) atoms. The Bertz CT molecular complexity index is 321. The molecule has 1 aromatic carbocycles. The fourth-order valence-electron chi connectivity index (χ4n) is 1.61. The Morgan fingerprint density at radius 2 is 1.85 bits per heavy atom. The number of hydrogen-bond donors (Lipinski definition) is 0. The average molecular weight is 304 g/mol. The molecule has 1 saturated carbocycles. The molecule has 2 atom stereocenters. The second-order valence-electron chi connectivity index (χ2n) is 3.22. The molecule has 1 aromatic rings. The lowest BCUT2D eigenvalue weighted by Gasteiger charge is -1.98. The Kier molecular flexibility index (Phi) is 2.32. The topological polar surface area (TPSA) is 17.1 Å². The molecule has 0 saturated heterocycles. The first-order valence-corrected chi connectivity index (χ1v) is 5.64. The van der Waals surface area contributed by atoms with Gasteiger partial charge < -0.3 is 4.79 Å². The van der Waals surface area contributed by atoms with Crippen LogP contribution >= 0.6 is 31.9 Å². The van der Waals surface area contributed by atoms with E-state index in [1.54, 1.807) is 0 Å². The van der Waals surface area contributed by atoms with Crippen molar-refractivity contribution in [1.29, 1.82) is 0 Å². The van der Waals surface area contributed by atoms with E-state index >= 15 is 0 Å². The van der Waals surface area contributed by atoms with Gasteiger partial charge in [-0.15, -0.1) is 0 Å². The van der Waals surface area contributed by atoms with Crippen LogP contribution in [0.4, 0.5) is 0 Å². The Balaban J connectivity index is 2.27. The number of aldehydes is 1. The quantitative estimate of drug-likeness (QED) is 0.606. The van der Waals surface area contributed by atoms with Gasteiger partial charge in [0, 0.05) is 11.8 Å². The van der Waals surface area contributed by atoms with Gasteiger partial charge in [-0.05, 0) is 5.56 Å². The van der Waals surface area contributed by atoms with E-state index in [0.717, 1.165) is 6.29 Å². The molecule has 68 valence electrons. The summed E-state index contributed by atoms with van der Waals surface area (Å²) in [7, 11) is 0. The van der Waals surface area contributed by atoms with Crippen molar-refractivity contribution in [3.8, 4) is 0 Å². The van der Waals surface area contributed by atoms with Crippen molar-refractivity contribution >= 4 is 38.1 Å². The number of hydrogen-bond acceptors (Lipinski definition) is 1. The molecule has 0 heterocycles. The van der Waals surface area contributed by atoms with Crippen molar-refractivity contribution < 1.29 is 4.79 Å². The average Bonchev–Trinajstić information content (AvgIpc) is 2.69. The van der Waals surface area contributed by atoms with E-state index in [2.05, 4.69) is 31.9 Å². The molecule has 0 bridgehead atoms. The van der Waals surface area contributed by atoms with E-state index in [1.807, 2.05) is 30.3 Å². The van der Waals surface area contributed by atoms with Crippen LogP contribution < -0.4 is 0 Å². The van der Waals surface area contributed by atoms with Gasteiger partial charge in [-0.2, -0.15) is 0 Å². The standard InChI is InChI=1S/C10H8Br2O/c11-10(12)8(6-13)9(10)7-4-2-1-3-5-7/h1-6,8-9H/t8-,9-/m0/s1. The van der Waals surface area contributed by atoms with Crippen LogP contribution in [0, 0.1) is 5.92 Å². The first-order chi connectivity index (χ1) is 6.18. The number of carbonyl (C=O) groups is 1. The summed E-state index contributed by atoms with van der Waals surface area (Å²) in [5.41, 5.74) is 1.20. The highest BCUT2D eigenvalue weighted by Crippen LogP contribution is 2.66. The van der Waals surface area contributed by atoms with Gasteiger partial charge in [-0.1, -0.05) is 62.2 Å². The normalized spacial score (nSPS) is 29.7. The number of carbonyl (C=O) groups excluding carboxylic acids is 1. The summed E-state index contributed by atoms with van der Waals surface area (Å²) < 4.78 is -0.205. The Morgan fingerprint density at radius 1 is 1.23 bits per heavy atom. The summed E-state index contributed by atoms with van der Waals surface area (Å²) in [5, 5.41) is 0. The van der Waals surface area contributed by atoms with Crippen LogP contribution in [0.5, 0.6) is 0 Å². The zero-order valence-electron chi connectivity index (χ0n) is 6.78. The highest BCUT2D eigenvalue weighted by Gasteiger charge is 2.62. The molecule has 0 radical (unpaired) electrons. The molecule has 0 spiro atoms. The van der Waals surface area contributed by atoms with Crippen molar-refractivity contribution in [2.45, 2.75) is 9.15 Å². The molecule has 1 nitrogen and oxygen atoms in total. The summed E-state index contributed by atoms with van der Waals surface area (Å²) in [6.07, 6.45) is 1.00. The summed E-state index contributed by atoms with van der Waals surface area (Å²) in [6.45, 7) is 0. The number of benzene rings is 1. The molecular weight excluding hydrogens is 296 g/mol. The van der Waals surface area contributed by atoms with Crippen LogP contribution in [0.2, 0.25) is 0 Å². The van der Waals surface area contributed by atoms with Crippen molar-refractivity contribution in [2.75, 3.05) is 0 Å². The zero-order valence-corrected chi connectivity index (χ0v) is 9.95. The fourth-order valence-corrected chi connectivity index (χ4v) is 3.19. The molecule has 3 heteroatoms. The van der Waals surface area contributed by atoms with Crippen molar-refractivity contribution in [3.05, 3.63) is 35.9 Å². The van der Waals surface area contributed by atoms with Gasteiger partial charge in [0.25, 0.3) is 0 Å². The van der Waals surface area contributed by atoms with Gasteiger partial charge in [0.2, 0.25) is 0 Å². The molecule has 0 aromatic heterocycles. The van der Waals surface area contributed by atoms with Crippen molar-refractivity contribution in [3.63, 3.8) is 0 Å². The van der Waals surface area contributed by atoms with E-state index in [-0.39, 0.29) is 15.1 Å². The molecule has 0 aliphatic heterocycles. The summed E-state index contributed by atoms with van der Waals surface area (Å²) in [6, 6.07) is 10.1. The molecule has 0 N–H and O–H groups in total. The van der Waals surface area contributed by atoms with Gasteiger partial charge in [-0.3, -0.25) is 0 Å². The second-order valence-corrected chi connectivity index (χ2v) is 6.91. The third-order valence-corrected chi connectivity index (χ3v) is 4.46. The highest BCUT2D eigenvalue weighted by atomic mass is 79.9. The van der Waals surface area contributed by atoms with Crippen LogP contribution in [0.1, 0.15) is 11.5 Å². The van der Waals surface area contributed by atoms with E-state index in [4.69, 9.17) is 0 Å². The fraction of sp³-hybridized carbons (Fsp3) is 0.300. The molecule has 1 aliphatic rings. The van der Waals surface area contributed by atoms with Crippen LogP contribution in [0.3, 0.4) is 0 Å². The predicted octanol–water partition coefficient (Wildman–Crippen LogP) is 3.09. The molecule has 0 unspecified atom stereocenters. The minimum Gasteiger partial charge on any atom is -0.303 e. The molecule has 1 aliphatic carbocycles. The second kappa shape index (κ2) is 3.21. The number of alkyl halides is 2. The lowest BCUT2D eigenvalue weighted by molar-refractivity contribution is -0.108. The molecule has 1 fully saturated rings. The largest absolute Gasteiger partial charge is 0.303 e. The highest BCUT2D eigenvalue weighted by molar-refractivity contribution is 9.25. The monoisotopic (exact) mass is 302 g/mol. The first-order valence-electron chi connectivity index (χ1n) is 4.06. The van der Waals surface area contributed by atoms with E-state index in [0.29, 0.717) is 0 Å². The van der Waals surface area contributed by atoms with Gasteiger partial charge in [0.05, 0.1) is 3.23 Å². The number of rotatable bonds is 2. The maximum atomic E-state index is 10.7. The Morgan fingerprint density at radius 3 is 2.31 bits per heavy atom. The molecule has 2 rings (SSSR count). The first kappa shape index (κ1) is 9.41. The lowest BCUT2D eigenvalue weighted by atomic mass is 10.1. The predicted molar refractivity (Wildman–Crippen MR) is 59.3 cm³/mol. The maximum absolute atomic E-state index is 10.7. The van der Waals surface area contributed by atoms with Crippen LogP contribution in [-0.2, 0) is 4.79 Å². The van der Waals surface area contributed by atoms with Crippen molar-refractivity contribution in [2.24, 2.45) is 5.92 Å². The van der Waals surface area contributed by atoms with Gasteiger partial charge in [-0.25, -0.2) is 0 Å². The maximum Gasteiger partial charge on any atom is 0.126 e. The smallest absolute Gasteiger partial charge is 0.126 e. The van der Waals surface area contributed by atoms with Crippen LogP contribution in [0.25, 0.3) is 0 Å². The zero-order chi connectivity index (χ0) is 9.47. The summed E-state index contributed by atoms with van der Waals surface area (Å²) >= 11 is 7.00. The van der Waals surface area contributed by atoms with Gasteiger partial charge in [0.15, 0.2) is 0 Å². The number of halogens is 2. The SMILES string of the molecule is O=C[C@H]1[C@H](c2ccccc2)C1(Br)Br. The van der Waals surface area contributed by atoms with E-state index < -0.39 is 0 Å². The Hall–Kier alpha value is -0.150. The van der Waals surface area contributed by atoms with Crippen LogP contribution in [-0.4, -0.2) is 9.52 Å². The third-order valence-electron chi connectivity index (χ3n) is 2.41. The van der Waals surface area contributed by atoms with E-state index in [9.17, 15) is 4.79 Å². The minimum absolute atomic E-state index is 0.0508. The molecule has 0 amide bonds. The lowest BCUT2D eigenvalue weighted by Crippen LogP contribution is -1.88. The minimum atomic E-state index is -0.205. The van der Waals surface area contributed by atoms with Crippen molar-refractivity contribution in [1.82, 2.24) is 0 Å². The van der Waals surface area contributed by atoms with Crippen LogP contribution in [0.15, 0.2) is 30.3 Å². The summed E-state index contributed by atoms with van der Waals surface area (Å²) in [5.74, 6) is 0.320.